The highest BCUT2D eigenvalue weighted by Gasteiger charge is 2.22. The molecule has 2 amide bonds. The lowest BCUT2D eigenvalue weighted by atomic mass is 9.97. The van der Waals surface area contributed by atoms with Crippen molar-refractivity contribution in [3.05, 3.63) is 59.7 Å². The van der Waals surface area contributed by atoms with E-state index in [4.69, 9.17) is 0 Å². The van der Waals surface area contributed by atoms with Gasteiger partial charge in [-0.2, -0.15) is 0 Å². The van der Waals surface area contributed by atoms with Crippen molar-refractivity contribution in [2.24, 2.45) is 11.8 Å². The van der Waals surface area contributed by atoms with Gasteiger partial charge in [0, 0.05) is 36.9 Å². The molecule has 1 heterocycles. The topological polar surface area (TPSA) is 61.4 Å². The molecule has 5 nitrogen and oxygen atoms in total. The zero-order valence-corrected chi connectivity index (χ0v) is 18.3. The van der Waals surface area contributed by atoms with Crippen molar-refractivity contribution in [3.63, 3.8) is 0 Å². The minimum absolute atomic E-state index is 0.0509. The third-order valence-electron chi connectivity index (χ3n) is 5.70. The Balaban J connectivity index is 1.76. The van der Waals surface area contributed by atoms with Crippen molar-refractivity contribution >= 4 is 23.2 Å². The normalized spacial score (nSPS) is 14.6. The van der Waals surface area contributed by atoms with E-state index in [2.05, 4.69) is 34.6 Å². The maximum Gasteiger partial charge on any atom is 0.253 e. The number of carbonyl (C=O) groups excluding carboxylic acids is 2. The molecule has 5 heteroatoms. The average Bonchev–Trinajstić information content (AvgIpc) is 2.75. The van der Waals surface area contributed by atoms with Gasteiger partial charge in [0.05, 0.1) is 5.56 Å². The van der Waals surface area contributed by atoms with Gasteiger partial charge in [0.1, 0.15) is 0 Å². The van der Waals surface area contributed by atoms with Gasteiger partial charge in [-0.05, 0) is 48.9 Å². The first-order chi connectivity index (χ1) is 14.4. The molecule has 0 unspecified atom stereocenters. The number of benzene rings is 2. The lowest BCUT2D eigenvalue weighted by molar-refractivity contribution is -0.118. The molecule has 0 atom stereocenters. The Morgan fingerprint density at radius 1 is 1.07 bits per heavy atom. The SMILES string of the molecule is CC1CCN(c2ccc(NC(=O)C(C)C)cc2C(=O)NCCc2ccccc2)CC1. The van der Waals surface area contributed by atoms with E-state index in [0.29, 0.717) is 23.7 Å². The number of rotatable bonds is 7. The number of piperidine rings is 1. The molecule has 0 saturated carbocycles. The first-order valence-electron chi connectivity index (χ1n) is 11.0. The fraction of sp³-hybridized carbons (Fsp3) is 0.440. The van der Waals surface area contributed by atoms with Crippen LogP contribution in [-0.2, 0) is 11.2 Å². The quantitative estimate of drug-likeness (QED) is 0.711. The van der Waals surface area contributed by atoms with Crippen LogP contribution in [-0.4, -0.2) is 31.4 Å². The molecule has 1 saturated heterocycles. The molecule has 2 aromatic rings. The number of nitrogens with zero attached hydrogens (tertiary/aromatic N) is 1. The van der Waals surface area contributed by atoms with Crippen LogP contribution >= 0.6 is 0 Å². The summed E-state index contributed by atoms with van der Waals surface area (Å²) in [6.45, 7) is 8.46. The highest BCUT2D eigenvalue weighted by Crippen LogP contribution is 2.29. The Morgan fingerprint density at radius 2 is 1.77 bits per heavy atom. The Morgan fingerprint density at radius 3 is 2.43 bits per heavy atom. The second kappa shape index (κ2) is 10.3. The Kier molecular flexibility index (Phi) is 7.50. The van der Waals surface area contributed by atoms with Gasteiger partial charge < -0.3 is 15.5 Å². The van der Waals surface area contributed by atoms with Crippen LogP contribution in [0, 0.1) is 11.8 Å². The zero-order chi connectivity index (χ0) is 21.5. The fourth-order valence-corrected chi connectivity index (χ4v) is 3.67. The summed E-state index contributed by atoms with van der Waals surface area (Å²) in [4.78, 5) is 27.5. The molecule has 0 aliphatic carbocycles. The second-order valence-electron chi connectivity index (χ2n) is 8.54. The van der Waals surface area contributed by atoms with E-state index in [1.165, 1.54) is 5.56 Å². The van der Waals surface area contributed by atoms with Crippen molar-refractivity contribution in [2.45, 2.75) is 40.0 Å². The van der Waals surface area contributed by atoms with Gasteiger partial charge in [-0.3, -0.25) is 9.59 Å². The fourth-order valence-electron chi connectivity index (χ4n) is 3.67. The monoisotopic (exact) mass is 407 g/mol. The van der Waals surface area contributed by atoms with Crippen LogP contribution in [0.5, 0.6) is 0 Å². The highest BCUT2D eigenvalue weighted by molar-refractivity contribution is 6.02. The van der Waals surface area contributed by atoms with Crippen LogP contribution < -0.4 is 15.5 Å². The van der Waals surface area contributed by atoms with Gasteiger partial charge in [-0.1, -0.05) is 51.1 Å². The molecule has 2 aromatic carbocycles. The van der Waals surface area contributed by atoms with Gasteiger partial charge >= 0.3 is 0 Å². The smallest absolute Gasteiger partial charge is 0.253 e. The van der Waals surface area contributed by atoms with Crippen LogP contribution in [0.1, 0.15) is 49.5 Å². The molecule has 1 aliphatic rings. The first kappa shape index (κ1) is 21.9. The average molecular weight is 408 g/mol. The summed E-state index contributed by atoms with van der Waals surface area (Å²) in [7, 11) is 0. The summed E-state index contributed by atoms with van der Waals surface area (Å²) in [5, 5.41) is 5.98. The van der Waals surface area contributed by atoms with Gasteiger partial charge in [-0.15, -0.1) is 0 Å². The molecule has 0 aromatic heterocycles. The minimum Gasteiger partial charge on any atom is -0.371 e. The van der Waals surface area contributed by atoms with Crippen molar-refractivity contribution < 1.29 is 9.59 Å². The number of hydrogen-bond acceptors (Lipinski definition) is 3. The maximum atomic E-state index is 13.1. The van der Waals surface area contributed by atoms with Crippen LogP contribution in [0.25, 0.3) is 0 Å². The van der Waals surface area contributed by atoms with Crippen LogP contribution in [0.4, 0.5) is 11.4 Å². The molecule has 2 N–H and O–H groups in total. The second-order valence-corrected chi connectivity index (χ2v) is 8.54. The minimum atomic E-state index is -0.114. The Hall–Kier alpha value is -2.82. The van der Waals surface area contributed by atoms with E-state index in [1.54, 1.807) is 0 Å². The summed E-state index contributed by atoms with van der Waals surface area (Å²) in [6.07, 6.45) is 3.04. The molecular weight excluding hydrogens is 374 g/mol. The highest BCUT2D eigenvalue weighted by atomic mass is 16.2. The van der Waals surface area contributed by atoms with E-state index in [0.717, 1.165) is 38.0 Å². The summed E-state index contributed by atoms with van der Waals surface area (Å²) < 4.78 is 0. The molecule has 160 valence electrons. The summed E-state index contributed by atoms with van der Waals surface area (Å²) in [6, 6.07) is 15.8. The van der Waals surface area contributed by atoms with Crippen LogP contribution in [0.3, 0.4) is 0 Å². The standard InChI is InChI=1S/C25H33N3O2/c1-18(2)24(29)27-21-9-10-23(28-15-12-19(3)13-16-28)22(17-21)25(30)26-14-11-20-7-5-4-6-8-20/h4-10,17-19H,11-16H2,1-3H3,(H,26,30)(H,27,29). The molecule has 0 bridgehead atoms. The first-order valence-corrected chi connectivity index (χ1v) is 11.0. The van der Waals surface area contributed by atoms with Crippen molar-refractivity contribution in [1.29, 1.82) is 0 Å². The number of hydrogen-bond donors (Lipinski definition) is 2. The molecule has 1 aliphatic heterocycles. The molecule has 1 fully saturated rings. The van der Waals surface area contributed by atoms with E-state index in [-0.39, 0.29) is 17.7 Å². The van der Waals surface area contributed by atoms with E-state index in [1.807, 2.05) is 50.2 Å². The van der Waals surface area contributed by atoms with Gasteiger partial charge in [0.25, 0.3) is 5.91 Å². The predicted molar refractivity (Wildman–Crippen MR) is 123 cm³/mol. The Labute approximate surface area is 179 Å². The number of amides is 2. The maximum absolute atomic E-state index is 13.1. The number of anilines is 2. The van der Waals surface area contributed by atoms with E-state index >= 15 is 0 Å². The van der Waals surface area contributed by atoms with Crippen LogP contribution in [0.15, 0.2) is 48.5 Å². The third kappa shape index (κ3) is 5.85. The van der Waals surface area contributed by atoms with Crippen molar-refractivity contribution in [1.82, 2.24) is 5.32 Å². The summed E-state index contributed by atoms with van der Waals surface area (Å²) in [5.41, 5.74) is 3.43. The largest absolute Gasteiger partial charge is 0.371 e. The third-order valence-corrected chi connectivity index (χ3v) is 5.70. The van der Waals surface area contributed by atoms with E-state index < -0.39 is 0 Å². The predicted octanol–water partition coefficient (Wildman–Crippen LogP) is 4.49. The Bertz CT molecular complexity index is 856. The summed E-state index contributed by atoms with van der Waals surface area (Å²) >= 11 is 0. The molecule has 30 heavy (non-hydrogen) atoms. The summed E-state index contributed by atoms with van der Waals surface area (Å²) in [5.74, 6) is 0.454. The lowest BCUT2D eigenvalue weighted by Gasteiger charge is -2.33. The molecule has 3 rings (SSSR count). The molecule has 0 radical (unpaired) electrons. The molecule has 0 spiro atoms. The van der Waals surface area contributed by atoms with Crippen molar-refractivity contribution in [2.75, 3.05) is 29.9 Å². The van der Waals surface area contributed by atoms with Crippen molar-refractivity contribution in [3.8, 4) is 0 Å². The van der Waals surface area contributed by atoms with Gasteiger partial charge in [0.2, 0.25) is 5.91 Å². The van der Waals surface area contributed by atoms with Gasteiger partial charge in [-0.25, -0.2) is 0 Å². The van der Waals surface area contributed by atoms with E-state index in [9.17, 15) is 9.59 Å². The number of nitrogens with one attached hydrogen (secondary N) is 2. The van der Waals surface area contributed by atoms with Crippen LogP contribution in [0.2, 0.25) is 0 Å². The zero-order valence-electron chi connectivity index (χ0n) is 18.3. The lowest BCUT2D eigenvalue weighted by Crippen LogP contribution is -2.35. The molecular formula is C25H33N3O2. The van der Waals surface area contributed by atoms with Gasteiger partial charge in [0.15, 0.2) is 0 Å². The number of carbonyl (C=O) groups is 2.